The van der Waals surface area contributed by atoms with Crippen LogP contribution in [-0.2, 0) is 4.79 Å². The highest BCUT2D eigenvalue weighted by Crippen LogP contribution is 1.88. The molecule has 0 N–H and O–H groups in total. The number of azo groups is 1. The smallest absolute Gasteiger partial charge is 0.265 e. The van der Waals surface area contributed by atoms with Crippen LogP contribution in [0.3, 0.4) is 0 Å². The van der Waals surface area contributed by atoms with E-state index in [2.05, 4.69) is 16.3 Å². The number of rotatable bonds is 0. The minimum Gasteiger partial charge on any atom is -0.265 e. The molecular weight excluding hydrogens is 80.0 g/mol. The molecule has 0 aromatic rings. The van der Waals surface area contributed by atoms with Gasteiger partial charge in [-0.3, -0.25) is 4.79 Å². The second-order valence-electron chi connectivity index (χ2n) is 0.794. The van der Waals surface area contributed by atoms with Gasteiger partial charge in [0.2, 0.25) is 0 Å². The van der Waals surface area contributed by atoms with E-state index in [1.807, 2.05) is 0 Å². The van der Waals surface area contributed by atoms with Crippen molar-refractivity contribution in [2.45, 2.75) is 0 Å². The van der Waals surface area contributed by atoms with Crippen molar-refractivity contribution in [1.29, 1.82) is 0 Å². The molecule has 0 saturated heterocycles. The van der Waals surface area contributed by atoms with Gasteiger partial charge in [-0.1, -0.05) is 0 Å². The Kier molecular flexibility index (Phi) is 0.538. The van der Waals surface area contributed by atoms with Crippen LogP contribution in [0.2, 0.25) is 0 Å². The van der Waals surface area contributed by atoms with E-state index in [-0.39, 0.29) is 0 Å². The van der Waals surface area contributed by atoms with Crippen LogP contribution in [-0.4, -0.2) is 5.91 Å². The van der Waals surface area contributed by atoms with Gasteiger partial charge < -0.3 is 0 Å². The van der Waals surface area contributed by atoms with E-state index in [9.17, 15) is 4.79 Å². The SMILES string of the molecule is O=C1[C]=CN=N1. The Morgan fingerprint density at radius 3 is 2.83 bits per heavy atom. The van der Waals surface area contributed by atoms with Crippen molar-refractivity contribution < 1.29 is 4.79 Å². The number of amides is 1. The van der Waals surface area contributed by atoms with E-state index in [0.717, 1.165) is 0 Å². The molecule has 0 fully saturated rings. The molecule has 0 unspecified atom stereocenters. The monoisotopic (exact) mass is 81.0 g/mol. The lowest BCUT2D eigenvalue weighted by atomic mass is 10.6. The fourth-order valence-electron chi connectivity index (χ4n) is 0.194. The van der Waals surface area contributed by atoms with Gasteiger partial charge in [-0.05, 0) is 0 Å². The lowest BCUT2D eigenvalue weighted by Gasteiger charge is -1.58. The first-order valence-corrected chi connectivity index (χ1v) is 1.42. The summed E-state index contributed by atoms with van der Waals surface area (Å²) in [5.74, 6) is -0.394. The summed E-state index contributed by atoms with van der Waals surface area (Å²) in [4.78, 5) is 9.84. The van der Waals surface area contributed by atoms with Crippen LogP contribution in [0, 0.1) is 6.08 Å². The second kappa shape index (κ2) is 1.01. The van der Waals surface area contributed by atoms with Crippen LogP contribution in [0.5, 0.6) is 0 Å². The lowest BCUT2D eigenvalue weighted by Crippen LogP contribution is -1.76. The zero-order valence-corrected chi connectivity index (χ0v) is 2.88. The summed E-state index contributed by atoms with van der Waals surface area (Å²) in [7, 11) is 0. The third kappa shape index (κ3) is 0.337. The third-order valence-electron chi connectivity index (χ3n) is 0.394. The number of nitrogens with zero attached hydrogens (tertiary/aromatic N) is 2. The highest BCUT2D eigenvalue weighted by molar-refractivity contribution is 5.85. The lowest BCUT2D eigenvalue weighted by molar-refractivity contribution is -0.114. The molecule has 0 aromatic heterocycles. The number of hydrogen-bond acceptors (Lipinski definition) is 2. The van der Waals surface area contributed by atoms with Gasteiger partial charge in [-0.15, -0.1) is 5.11 Å². The zero-order valence-electron chi connectivity index (χ0n) is 2.88. The summed E-state index contributed by atoms with van der Waals surface area (Å²) in [6, 6.07) is 0. The van der Waals surface area contributed by atoms with Crippen molar-refractivity contribution >= 4 is 5.91 Å². The predicted molar refractivity (Wildman–Crippen MR) is 17.7 cm³/mol. The molecule has 0 bridgehead atoms. The van der Waals surface area contributed by atoms with E-state index in [0.29, 0.717) is 0 Å². The Labute approximate surface area is 34.4 Å². The average Bonchev–Trinajstić information content (AvgIpc) is 1.86. The van der Waals surface area contributed by atoms with Crippen LogP contribution < -0.4 is 0 Å². The summed E-state index contributed by atoms with van der Waals surface area (Å²) in [6.07, 6.45) is 3.46. The summed E-state index contributed by atoms with van der Waals surface area (Å²) >= 11 is 0. The maximum atomic E-state index is 9.84. The van der Waals surface area contributed by atoms with Gasteiger partial charge >= 0.3 is 0 Å². The molecule has 0 atom stereocenters. The van der Waals surface area contributed by atoms with Crippen molar-refractivity contribution in [3.8, 4) is 0 Å². The van der Waals surface area contributed by atoms with Crippen molar-refractivity contribution in [2.75, 3.05) is 0 Å². The number of hydrogen-bond donors (Lipinski definition) is 0. The van der Waals surface area contributed by atoms with Gasteiger partial charge in [-0.25, -0.2) is 0 Å². The molecule has 1 rings (SSSR count). The molecule has 1 radical (unpaired) electrons. The van der Waals surface area contributed by atoms with Gasteiger partial charge in [0, 0.05) is 0 Å². The maximum Gasteiger partial charge on any atom is 0.297 e. The molecule has 1 aliphatic heterocycles. The Morgan fingerprint density at radius 1 is 1.83 bits per heavy atom. The molecule has 6 heavy (non-hydrogen) atoms. The molecule has 29 valence electrons. The van der Waals surface area contributed by atoms with Gasteiger partial charge in [0.15, 0.2) is 0 Å². The average molecular weight is 81.1 g/mol. The first-order valence-electron chi connectivity index (χ1n) is 1.42. The highest BCUT2D eigenvalue weighted by Gasteiger charge is 1.93. The van der Waals surface area contributed by atoms with E-state index in [1.165, 1.54) is 6.20 Å². The minimum atomic E-state index is -0.394. The van der Waals surface area contributed by atoms with Crippen molar-refractivity contribution in [3.63, 3.8) is 0 Å². The van der Waals surface area contributed by atoms with Crippen molar-refractivity contribution in [3.05, 3.63) is 12.3 Å². The zero-order chi connectivity index (χ0) is 4.41. The third-order valence-corrected chi connectivity index (χ3v) is 0.394. The Hall–Kier alpha value is -0.990. The molecule has 1 amide bonds. The molecule has 3 nitrogen and oxygen atoms in total. The van der Waals surface area contributed by atoms with Crippen LogP contribution >= 0.6 is 0 Å². The van der Waals surface area contributed by atoms with E-state index in [4.69, 9.17) is 0 Å². The van der Waals surface area contributed by atoms with Crippen molar-refractivity contribution in [1.82, 2.24) is 0 Å². The minimum absolute atomic E-state index is 0.394. The molecule has 0 aliphatic carbocycles. The molecule has 3 heteroatoms. The normalized spacial score (nSPS) is 17.0. The van der Waals surface area contributed by atoms with Gasteiger partial charge in [-0.2, -0.15) is 5.11 Å². The Morgan fingerprint density at radius 2 is 2.67 bits per heavy atom. The van der Waals surface area contributed by atoms with Gasteiger partial charge in [0.1, 0.15) is 0 Å². The number of carbonyl (C=O) groups excluding carboxylic acids is 1. The summed E-state index contributed by atoms with van der Waals surface area (Å²) in [5, 5.41) is 6.26. The van der Waals surface area contributed by atoms with Crippen LogP contribution in [0.25, 0.3) is 0 Å². The Bertz CT molecular complexity index is 111. The molecule has 0 aromatic carbocycles. The molecule has 1 aliphatic rings. The topological polar surface area (TPSA) is 41.8 Å². The van der Waals surface area contributed by atoms with Crippen LogP contribution in [0.4, 0.5) is 0 Å². The molecule has 0 spiro atoms. The summed E-state index contributed by atoms with van der Waals surface area (Å²) in [6.45, 7) is 0. The van der Waals surface area contributed by atoms with Gasteiger partial charge in [0.25, 0.3) is 5.91 Å². The molecule has 1 heterocycles. The van der Waals surface area contributed by atoms with E-state index >= 15 is 0 Å². The van der Waals surface area contributed by atoms with Crippen molar-refractivity contribution in [2.24, 2.45) is 10.2 Å². The van der Waals surface area contributed by atoms with E-state index < -0.39 is 5.91 Å². The molecular formula is C3HN2O. The highest BCUT2D eigenvalue weighted by atomic mass is 16.1. The first kappa shape index (κ1) is 3.21. The first-order chi connectivity index (χ1) is 2.89. The second-order valence-corrected chi connectivity index (χ2v) is 0.794. The van der Waals surface area contributed by atoms with Crippen LogP contribution in [0.15, 0.2) is 16.4 Å². The standard InChI is InChI=1S/C3HN2O/c6-3-1-2-4-5-3/h2H. The fourth-order valence-corrected chi connectivity index (χ4v) is 0.194. The Balaban J connectivity index is 2.86. The van der Waals surface area contributed by atoms with E-state index in [1.54, 1.807) is 0 Å². The number of carbonyl (C=O) groups is 1. The van der Waals surface area contributed by atoms with Gasteiger partial charge in [0.05, 0.1) is 12.3 Å². The molecule has 0 saturated carbocycles. The fraction of sp³-hybridized carbons (Fsp3) is 0. The maximum absolute atomic E-state index is 9.84. The quantitative estimate of drug-likeness (QED) is 0.413. The predicted octanol–water partition coefficient (Wildman–Crippen LogP) is 0.296. The summed E-state index contributed by atoms with van der Waals surface area (Å²) in [5.41, 5.74) is 0. The summed E-state index contributed by atoms with van der Waals surface area (Å²) < 4.78 is 0. The largest absolute Gasteiger partial charge is 0.297 e. The van der Waals surface area contributed by atoms with Crippen LogP contribution in [0.1, 0.15) is 0 Å².